The maximum atomic E-state index is 13.3. The number of nitrogens with two attached hydrogens (primary N) is 1. The number of fused-ring (bicyclic) bond motifs is 3. The number of nitrogens with one attached hydrogen (secondary N) is 1. The number of rotatable bonds is 6. The summed E-state index contributed by atoms with van der Waals surface area (Å²) in [5, 5.41) is 3.46. The molecule has 0 unspecified atom stereocenters. The molecule has 35 heavy (non-hydrogen) atoms. The molecule has 4 nitrogen and oxygen atoms in total. The molecule has 0 atom stereocenters. The fourth-order valence-corrected chi connectivity index (χ4v) is 6.01. The first-order valence-corrected chi connectivity index (χ1v) is 12.6. The maximum absolute atomic E-state index is 13.3. The van der Waals surface area contributed by atoms with Gasteiger partial charge in [-0.25, -0.2) is 0 Å². The number of piperazine rings is 1. The molecule has 184 valence electrons. The van der Waals surface area contributed by atoms with Crippen LogP contribution in [0.15, 0.2) is 42.5 Å². The highest BCUT2D eigenvalue weighted by Gasteiger charge is 2.34. The van der Waals surface area contributed by atoms with Crippen LogP contribution in [0.3, 0.4) is 0 Å². The summed E-state index contributed by atoms with van der Waals surface area (Å²) in [6.07, 6.45) is 3.80. The number of unbranched alkanes of at least 4 members (excludes halogenated alkanes) is 1. The van der Waals surface area contributed by atoms with Crippen LogP contribution in [0.1, 0.15) is 57.9 Å². The summed E-state index contributed by atoms with van der Waals surface area (Å²) in [6, 6.07) is 15.3. The van der Waals surface area contributed by atoms with E-state index in [-0.39, 0.29) is 18.3 Å². The van der Waals surface area contributed by atoms with Gasteiger partial charge in [0.25, 0.3) is 5.91 Å². The summed E-state index contributed by atoms with van der Waals surface area (Å²) >= 11 is 0. The molecule has 5 rings (SSSR count). The molecule has 1 fully saturated rings. The molecule has 1 saturated heterocycles. The average Bonchev–Trinajstić information content (AvgIpc) is 3.22. The average molecular weight is 490 g/mol. The van der Waals surface area contributed by atoms with Crippen LogP contribution in [0, 0.1) is 13.8 Å². The molecule has 3 aromatic rings. The third-order valence-electron chi connectivity index (χ3n) is 7.52. The van der Waals surface area contributed by atoms with E-state index in [9.17, 15) is 4.79 Å². The number of halogens is 1. The van der Waals surface area contributed by atoms with Crippen LogP contribution in [0.4, 0.5) is 5.69 Å². The summed E-state index contributed by atoms with van der Waals surface area (Å²) in [4.78, 5) is 15.7. The van der Waals surface area contributed by atoms with Crippen LogP contribution >= 0.6 is 12.4 Å². The Morgan fingerprint density at radius 3 is 2.31 bits per heavy atom. The van der Waals surface area contributed by atoms with E-state index in [2.05, 4.69) is 73.5 Å². The lowest BCUT2D eigenvalue weighted by molar-refractivity contribution is 0.0999. The van der Waals surface area contributed by atoms with Gasteiger partial charge in [0.2, 0.25) is 0 Å². The molecule has 1 aliphatic heterocycles. The highest BCUT2D eigenvalue weighted by Crippen LogP contribution is 2.52. The molecule has 0 bridgehead atoms. The van der Waals surface area contributed by atoms with Crippen molar-refractivity contribution in [1.82, 2.24) is 5.32 Å². The highest BCUT2D eigenvalue weighted by atomic mass is 35.5. The van der Waals surface area contributed by atoms with Gasteiger partial charge in [-0.15, -0.1) is 12.4 Å². The Morgan fingerprint density at radius 2 is 1.66 bits per heavy atom. The van der Waals surface area contributed by atoms with Crippen LogP contribution < -0.4 is 16.0 Å². The summed E-state index contributed by atoms with van der Waals surface area (Å²) in [7, 11) is 0. The minimum absolute atomic E-state index is 0. The van der Waals surface area contributed by atoms with Gasteiger partial charge in [-0.1, -0.05) is 55.8 Å². The summed E-state index contributed by atoms with van der Waals surface area (Å²) in [6.45, 7) is 10.2. The molecular weight excluding hydrogens is 454 g/mol. The molecule has 0 spiro atoms. The predicted molar refractivity (Wildman–Crippen MR) is 149 cm³/mol. The summed E-state index contributed by atoms with van der Waals surface area (Å²) in [5.41, 5.74) is 19.4. The minimum atomic E-state index is -0.300. The lowest BCUT2D eigenvalue weighted by Gasteiger charge is -2.35. The standard InChI is InChI=1S/C30H35N3O.ClH/c1-4-5-12-23-27(25-19(2)9-8-10-20(25)3)26-22-13-7-6-11-21(22)18-24(26)29(28(23)30(31)34)33-16-14-32-15-17-33;/h6-11,13,32H,4-5,12,14-18H2,1-3H3,(H2,31,34);1H. The smallest absolute Gasteiger partial charge is 0.251 e. The number of amides is 1. The first-order chi connectivity index (χ1) is 16.5. The topological polar surface area (TPSA) is 58.4 Å². The normalized spacial score (nSPS) is 14.3. The molecule has 0 aromatic heterocycles. The second kappa shape index (κ2) is 10.4. The number of nitrogens with zero attached hydrogens (tertiary/aromatic N) is 1. The van der Waals surface area contributed by atoms with Crippen LogP contribution in [-0.4, -0.2) is 32.1 Å². The van der Waals surface area contributed by atoms with Gasteiger partial charge in [0.15, 0.2) is 0 Å². The zero-order chi connectivity index (χ0) is 23.8. The van der Waals surface area contributed by atoms with Crippen LogP contribution in [0.2, 0.25) is 0 Å². The molecule has 5 heteroatoms. The van der Waals surface area contributed by atoms with Crippen molar-refractivity contribution >= 4 is 24.0 Å². The number of carbonyl (C=O) groups is 1. The van der Waals surface area contributed by atoms with Crippen LogP contribution in [-0.2, 0) is 12.8 Å². The van der Waals surface area contributed by atoms with E-state index in [0.29, 0.717) is 0 Å². The van der Waals surface area contributed by atoms with Crippen LogP contribution in [0.25, 0.3) is 22.3 Å². The minimum Gasteiger partial charge on any atom is -0.368 e. The molecule has 3 N–H and O–H groups in total. The van der Waals surface area contributed by atoms with E-state index < -0.39 is 0 Å². The van der Waals surface area contributed by atoms with E-state index >= 15 is 0 Å². The molecule has 0 radical (unpaired) electrons. The number of hydrogen-bond acceptors (Lipinski definition) is 3. The van der Waals surface area contributed by atoms with Gasteiger partial charge < -0.3 is 16.0 Å². The van der Waals surface area contributed by atoms with Crippen molar-refractivity contribution in [2.45, 2.75) is 46.5 Å². The molecule has 1 amide bonds. The zero-order valence-electron chi connectivity index (χ0n) is 21.0. The third kappa shape index (κ3) is 4.34. The van der Waals surface area contributed by atoms with Crippen molar-refractivity contribution in [2.24, 2.45) is 5.73 Å². The molecule has 2 aliphatic rings. The lowest BCUT2D eigenvalue weighted by Crippen LogP contribution is -2.45. The van der Waals surface area contributed by atoms with E-state index in [1.165, 1.54) is 44.5 Å². The Labute approximate surface area is 215 Å². The first-order valence-electron chi connectivity index (χ1n) is 12.6. The van der Waals surface area contributed by atoms with Gasteiger partial charge >= 0.3 is 0 Å². The van der Waals surface area contributed by atoms with Gasteiger partial charge in [-0.05, 0) is 76.8 Å². The SMILES string of the molecule is CCCCc1c(C(N)=O)c(N2CCNCC2)c2c(c1-c1c(C)cccc1C)-c1ccccc1C2.Cl. The summed E-state index contributed by atoms with van der Waals surface area (Å²) < 4.78 is 0. The van der Waals surface area contributed by atoms with E-state index in [0.717, 1.165) is 68.7 Å². The number of anilines is 1. The Kier molecular flexibility index (Phi) is 7.53. The second-order valence-electron chi connectivity index (χ2n) is 9.74. The lowest BCUT2D eigenvalue weighted by atomic mass is 9.80. The van der Waals surface area contributed by atoms with Crippen molar-refractivity contribution in [1.29, 1.82) is 0 Å². The fraction of sp³-hybridized carbons (Fsp3) is 0.367. The summed E-state index contributed by atoms with van der Waals surface area (Å²) in [5.74, 6) is -0.300. The van der Waals surface area contributed by atoms with Gasteiger partial charge in [0, 0.05) is 32.6 Å². The van der Waals surface area contributed by atoms with Crippen molar-refractivity contribution in [2.75, 3.05) is 31.1 Å². The molecule has 3 aromatic carbocycles. The number of benzene rings is 3. The van der Waals surface area contributed by atoms with E-state index in [1.54, 1.807) is 0 Å². The first kappa shape index (κ1) is 25.3. The monoisotopic (exact) mass is 489 g/mol. The number of primary amides is 1. The zero-order valence-corrected chi connectivity index (χ0v) is 21.9. The Hall–Kier alpha value is -2.82. The number of hydrogen-bond donors (Lipinski definition) is 2. The largest absolute Gasteiger partial charge is 0.368 e. The van der Waals surface area contributed by atoms with Gasteiger partial charge in [0.05, 0.1) is 11.3 Å². The van der Waals surface area contributed by atoms with Gasteiger partial charge in [-0.3, -0.25) is 4.79 Å². The molecule has 0 saturated carbocycles. The fourth-order valence-electron chi connectivity index (χ4n) is 6.01. The van der Waals surface area contributed by atoms with E-state index in [4.69, 9.17) is 5.73 Å². The van der Waals surface area contributed by atoms with Gasteiger partial charge in [-0.2, -0.15) is 0 Å². The van der Waals surface area contributed by atoms with Crippen LogP contribution in [0.5, 0.6) is 0 Å². The quantitative estimate of drug-likeness (QED) is 0.359. The van der Waals surface area contributed by atoms with Crippen molar-refractivity contribution < 1.29 is 4.79 Å². The van der Waals surface area contributed by atoms with Gasteiger partial charge in [0.1, 0.15) is 0 Å². The third-order valence-corrected chi connectivity index (χ3v) is 7.52. The van der Waals surface area contributed by atoms with Crippen molar-refractivity contribution in [3.63, 3.8) is 0 Å². The van der Waals surface area contributed by atoms with E-state index in [1.807, 2.05) is 0 Å². The highest BCUT2D eigenvalue weighted by molar-refractivity contribution is 6.08. The van der Waals surface area contributed by atoms with Crippen molar-refractivity contribution in [3.05, 3.63) is 75.8 Å². The maximum Gasteiger partial charge on any atom is 0.251 e. The number of aryl methyl sites for hydroxylation is 2. The Bertz CT molecular complexity index is 1240. The number of carbonyl (C=O) groups excluding carboxylic acids is 1. The second-order valence-corrected chi connectivity index (χ2v) is 9.74. The Balaban J connectivity index is 0.00000289. The molecule has 1 heterocycles. The molecular formula is C30H36ClN3O. The predicted octanol–water partition coefficient (Wildman–Crippen LogP) is 5.81. The Morgan fingerprint density at radius 1 is 0.971 bits per heavy atom. The van der Waals surface area contributed by atoms with Crippen molar-refractivity contribution in [3.8, 4) is 22.3 Å². The molecule has 1 aliphatic carbocycles.